The van der Waals surface area contributed by atoms with Crippen molar-refractivity contribution in [2.45, 2.75) is 13.0 Å². The monoisotopic (exact) mass is 316 g/mol. The van der Waals surface area contributed by atoms with Gasteiger partial charge in [-0.15, -0.1) is 0 Å². The molecule has 2 nitrogen and oxygen atoms in total. The average Bonchev–Trinajstić information content (AvgIpc) is 2.36. The van der Waals surface area contributed by atoms with Crippen molar-refractivity contribution in [3.05, 3.63) is 57.0 Å². The lowest BCUT2D eigenvalue weighted by Crippen LogP contribution is -1.91. The van der Waals surface area contributed by atoms with E-state index in [1.165, 1.54) is 6.07 Å². The Kier molecular flexibility index (Phi) is 4.58. The molecule has 0 aliphatic rings. The largest absolute Gasteiger partial charge is 0.456 e. The third kappa shape index (κ3) is 3.54. The third-order valence-electron chi connectivity index (χ3n) is 2.57. The minimum Gasteiger partial charge on any atom is -0.456 e. The summed E-state index contributed by atoms with van der Waals surface area (Å²) in [7, 11) is 0. The van der Waals surface area contributed by atoms with Gasteiger partial charge in [0.25, 0.3) is 0 Å². The van der Waals surface area contributed by atoms with Crippen LogP contribution in [0.5, 0.6) is 11.5 Å². The third-order valence-corrected chi connectivity index (χ3v) is 3.58. The molecular formula is C14H11Cl3O2. The van der Waals surface area contributed by atoms with Crippen LogP contribution in [0.15, 0.2) is 36.4 Å². The summed E-state index contributed by atoms with van der Waals surface area (Å²) in [6.45, 7) is 1.70. The van der Waals surface area contributed by atoms with E-state index < -0.39 is 6.10 Å². The molecule has 0 saturated carbocycles. The molecule has 0 aliphatic carbocycles. The predicted octanol–water partition coefficient (Wildman–Crippen LogP) is 5.49. The molecular weight excluding hydrogens is 307 g/mol. The summed E-state index contributed by atoms with van der Waals surface area (Å²) in [5.74, 6) is 1.03. The fourth-order valence-electron chi connectivity index (χ4n) is 1.52. The van der Waals surface area contributed by atoms with Crippen molar-refractivity contribution in [3.63, 3.8) is 0 Å². The van der Waals surface area contributed by atoms with Crippen molar-refractivity contribution in [1.82, 2.24) is 0 Å². The van der Waals surface area contributed by atoms with Crippen LogP contribution in [0.25, 0.3) is 0 Å². The van der Waals surface area contributed by atoms with Crippen LogP contribution in [0.3, 0.4) is 0 Å². The number of aliphatic hydroxyl groups excluding tert-OH is 1. The Bertz CT molecular complexity index is 580. The Balaban J connectivity index is 2.24. The molecule has 0 spiro atoms. The highest BCUT2D eigenvalue weighted by Gasteiger charge is 2.08. The van der Waals surface area contributed by atoms with Gasteiger partial charge in [-0.1, -0.05) is 46.9 Å². The lowest BCUT2D eigenvalue weighted by atomic mass is 10.1. The first-order chi connectivity index (χ1) is 8.97. The SMILES string of the molecule is CC(O)c1ccc(Oc2cc(Cl)c(Cl)cc2Cl)cc1. The summed E-state index contributed by atoms with van der Waals surface area (Å²) in [6.07, 6.45) is -0.511. The zero-order chi connectivity index (χ0) is 14.0. The fourth-order valence-corrected chi connectivity index (χ4v) is 2.10. The van der Waals surface area contributed by atoms with E-state index in [1.807, 2.05) is 0 Å². The molecule has 100 valence electrons. The Morgan fingerprint density at radius 3 is 2.11 bits per heavy atom. The minimum atomic E-state index is -0.511. The van der Waals surface area contributed by atoms with Gasteiger partial charge in [-0.05, 0) is 30.7 Å². The van der Waals surface area contributed by atoms with Gasteiger partial charge in [0.15, 0.2) is 0 Å². The number of halogens is 3. The smallest absolute Gasteiger partial charge is 0.147 e. The Morgan fingerprint density at radius 2 is 1.53 bits per heavy atom. The second-order valence-corrected chi connectivity index (χ2v) is 5.27. The van der Waals surface area contributed by atoms with Crippen LogP contribution in [-0.4, -0.2) is 5.11 Å². The highest BCUT2D eigenvalue weighted by molar-refractivity contribution is 6.43. The normalized spacial score (nSPS) is 12.3. The first-order valence-electron chi connectivity index (χ1n) is 5.58. The molecule has 0 heterocycles. The Morgan fingerprint density at radius 1 is 0.947 bits per heavy atom. The van der Waals surface area contributed by atoms with E-state index in [-0.39, 0.29) is 0 Å². The van der Waals surface area contributed by atoms with E-state index in [0.29, 0.717) is 26.6 Å². The summed E-state index contributed by atoms with van der Waals surface area (Å²) in [4.78, 5) is 0. The highest BCUT2D eigenvalue weighted by atomic mass is 35.5. The Hall–Kier alpha value is -0.930. The maximum Gasteiger partial charge on any atom is 0.147 e. The van der Waals surface area contributed by atoms with E-state index in [0.717, 1.165) is 5.56 Å². The molecule has 0 saturated heterocycles. The molecule has 19 heavy (non-hydrogen) atoms. The molecule has 0 radical (unpaired) electrons. The van der Waals surface area contributed by atoms with Gasteiger partial charge < -0.3 is 9.84 Å². The van der Waals surface area contributed by atoms with Gasteiger partial charge >= 0.3 is 0 Å². The van der Waals surface area contributed by atoms with Crippen LogP contribution in [-0.2, 0) is 0 Å². The van der Waals surface area contributed by atoms with Gasteiger partial charge in [-0.2, -0.15) is 0 Å². The zero-order valence-electron chi connectivity index (χ0n) is 10.0. The summed E-state index contributed by atoms with van der Waals surface area (Å²) in [5.41, 5.74) is 0.813. The number of hydrogen-bond donors (Lipinski definition) is 1. The van der Waals surface area contributed by atoms with Gasteiger partial charge in [0, 0.05) is 6.07 Å². The van der Waals surface area contributed by atoms with Crippen molar-refractivity contribution < 1.29 is 9.84 Å². The second-order valence-electron chi connectivity index (χ2n) is 4.04. The summed E-state index contributed by atoms with van der Waals surface area (Å²) in [5, 5.41) is 10.6. The minimum absolute atomic E-state index is 0.377. The average molecular weight is 318 g/mol. The van der Waals surface area contributed by atoms with Crippen molar-refractivity contribution in [3.8, 4) is 11.5 Å². The van der Waals surface area contributed by atoms with E-state index in [2.05, 4.69) is 0 Å². The molecule has 0 amide bonds. The molecule has 0 fully saturated rings. The molecule has 5 heteroatoms. The van der Waals surface area contributed by atoms with E-state index in [9.17, 15) is 5.11 Å². The molecule has 2 rings (SSSR count). The first kappa shape index (κ1) is 14.5. The first-order valence-corrected chi connectivity index (χ1v) is 6.71. The van der Waals surface area contributed by atoms with E-state index >= 15 is 0 Å². The number of hydrogen-bond acceptors (Lipinski definition) is 2. The lowest BCUT2D eigenvalue weighted by Gasteiger charge is -2.10. The molecule has 1 unspecified atom stereocenters. The number of benzene rings is 2. The maximum atomic E-state index is 9.42. The van der Waals surface area contributed by atoms with Crippen molar-refractivity contribution >= 4 is 34.8 Å². The van der Waals surface area contributed by atoms with Gasteiger partial charge in [0.05, 0.1) is 21.2 Å². The molecule has 0 aliphatic heterocycles. The van der Waals surface area contributed by atoms with Crippen molar-refractivity contribution in [2.24, 2.45) is 0 Å². The number of aliphatic hydroxyl groups is 1. The highest BCUT2D eigenvalue weighted by Crippen LogP contribution is 2.36. The van der Waals surface area contributed by atoms with Crippen LogP contribution in [0, 0.1) is 0 Å². The molecule has 0 bridgehead atoms. The number of rotatable bonds is 3. The van der Waals surface area contributed by atoms with Crippen LogP contribution < -0.4 is 4.74 Å². The topological polar surface area (TPSA) is 29.5 Å². The quantitative estimate of drug-likeness (QED) is 0.758. The summed E-state index contributed by atoms with van der Waals surface area (Å²) >= 11 is 17.8. The second kappa shape index (κ2) is 6.02. The molecule has 2 aromatic carbocycles. The fraction of sp³-hybridized carbons (Fsp3) is 0.143. The number of ether oxygens (including phenoxy) is 1. The standard InChI is InChI=1S/C14H11Cl3O2/c1-8(18)9-2-4-10(5-3-9)19-14-7-12(16)11(15)6-13(14)17/h2-8,18H,1H3. The van der Waals surface area contributed by atoms with Gasteiger partial charge in [-0.3, -0.25) is 0 Å². The van der Waals surface area contributed by atoms with Crippen molar-refractivity contribution in [1.29, 1.82) is 0 Å². The van der Waals surface area contributed by atoms with Crippen LogP contribution in [0.1, 0.15) is 18.6 Å². The van der Waals surface area contributed by atoms with Crippen LogP contribution >= 0.6 is 34.8 Å². The van der Waals surface area contributed by atoms with Gasteiger partial charge in [0.2, 0.25) is 0 Å². The van der Waals surface area contributed by atoms with Crippen LogP contribution in [0.4, 0.5) is 0 Å². The van der Waals surface area contributed by atoms with Crippen molar-refractivity contribution in [2.75, 3.05) is 0 Å². The van der Waals surface area contributed by atoms with E-state index in [1.54, 1.807) is 37.3 Å². The zero-order valence-corrected chi connectivity index (χ0v) is 12.3. The summed E-state index contributed by atoms with van der Waals surface area (Å²) in [6, 6.07) is 10.2. The summed E-state index contributed by atoms with van der Waals surface area (Å²) < 4.78 is 5.62. The maximum absolute atomic E-state index is 9.42. The molecule has 2 aromatic rings. The predicted molar refractivity (Wildman–Crippen MR) is 78.6 cm³/mol. The lowest BCUT2D eigenvalue weighted by molar-refractivity contribution is 0.199. The van der Waals surface area contributed by atoms with E-state index in [4.69, 9.17) is 39.5 Å². The molecule has 0 aromatic heterocycles. The van der Waals surface area contributed by atoms with Crippen LogP contribution in [0.2, 0.25) is 15.1 Å². The molecule has 1 N–H and O–H groups in total. The van der Waals surface area contributed by atoms with Gasteiger partial charge in [-0.25, -0.2) is 0 Å². The molecule has 1 atom stereocenters. The Labute approximate surface area is 126 Å². The van der Waals surface area contributed by atoms with Gasteiger partial charge in [0.1, 0.15) is 11.5 Å².